The predicted molar refractivity (Wildman–Crippen MR) is 64.4 cm³/mol. The lowest BCUT2D eigenvalue weighted by molar-refractivity contribution is 0.0696. The molecule has 1 aromatic rings. The third-order valence-corrected chi connectivity index (χ3v) is 4.76. The summed E-state index contributed by atoms with van der Waals surface area (Å²) in [6.45, 7) is 0.515. The smallest absolute Gasteiger partial charge is 0.335 e. The van der Waals surface area contributed by atoms with Gasteiger partial charge in [-0.2, -0.15) is 0 Å². The Morgan fingerprint density at radius 1 is 1.47 bits per heavy atom. The number of hydrogen-bond donors (Lipinski definition) is 1. The molecule has 1 atom stereocenters. The Hall–Kier alpha value is -1.47. The zero-order chi connectivity index (χ0) is 14.0. The van der Waals surface area contributed by atoms with Gasteiger partial charge in [0.15, 0.2) is 9.84 Å². The van der Waals surface area contributed by atoms with Crippen molar-refractivity contribution in [1.29, 1.82) is 0 Å². The van der Waals surface area contributed by atoms with Gasteiger partial charge in [0.1, 0.15) is 10.7 Å². The van der Waals surface area contributed by atoms with Gasteiger partial charge in [0, 0.05) is 6.61 Å². The van der Waals surface area contributed by atoms with Crippen LogP contribution in [0.5, 0.6) is 0 Å². The van der Waals surface area contributed by atoms with E-state index in [0.717, 1.165) is 18.6 Å². The van der Waals surface area contributed by atoms with E-state index in [1.165, 1.54) is 0 Å². The first-order chi connectivity index (χ1) is 8.90. The summed E-state index contributed by atoms with van der Waals surface area (Å²) in [5, 5.41) is 8.70. The van der Waals surface area contributed by atoms with Crippen LogP contribution in [-0.2, 0) is 14.6 Å². The molecule has 1 unspecified atom stereocenters. The number of hydrogen-bond acceptors (Lipinski definition) is 4. The zero-order valence-electron chi connectivity index (χ0n) is 10.0. The van der Waals surface area contributed by atoms with Crippen LogP contribution in [0.15, 0.2) is 23.1 Å². The molecule has 0 amide bonds. The van der Waals surface area contributed by atoms with Crippen molar-refractivity contribution >= 4 is 15.8 Å². The molecule has 19 heavy (non-hydrogen) atoms. The fourth-order valence-electron chi connectivity index (χ4n) is 2.00. The van der Waals surface area contributed by atoms with E-state index in [9.17, 15) is 17.6 Å². The molecule has 0 aliphatic carbocycles. The molecule has 0 saturated carbocycles. The number of sulfone groups is 1. The maximum Gasteiger partial charge on any atom is 0.335 e. The molecule has 1 fully saturated rings. The number of carbonyl (C=O) groups is 1. The summed E-state index contributed by atoms with van der Waals surface area (Å²) in [5.41, 5.74) is -0.284. The SMILES string of the molecule is O=C(O)c1ccc(S(=O)(=O)CC2CCCO2)c(F)c1. The summed E-state index contributed by atoms with van der Waals surface area (Å²) in [6.07, 6.45) is 1.01. The molecule has 0 bridgehead atoms. The average Bonchev–Trinajstić information content (AvgIpc) is 2.80. The third-order valence-electron chi connectivity index (χ3n) is 2.94. The van der Waals surface area contributed by atoms with Gasteiger partial charge in [0.2, 0.25) is 0 Å². The van der Waals surface area contributed by atoms with Crippen LogP contribution in [0.3, 0.4) is 0 Å². The molecular weight excluding hydrogens is 275 g/mol. The van der Waals surface area contributed by atoms with Gasteiger partial charge in [-0.15, -0.1) is 0 Å². The van der Waals surface area contributed by atoms with Crippen LogP contribution >= 0.6 is 0 Å². The van der Waals surface area contributed by atoms with E-state index >= 15 is 0 Å². The van der Waals surface area contributed by atoms with Crippen LogP contribution in [0.4, 0.5) is 4.39 Å². The highest BCUT2D eigenvalue weighted by Crippen LogP contribution is 2.22. The Kier molecular flexibility index (Phi) is 3.86. The summed E-state index contributed by atoms with van der Waals surface area (Å²) in [5.74, 6) is -2.63. The molecule has 0 radical (unpaired) electrons. The van der Waals surface area contributed by atoms with Gasteiger partial charge in [-0.05, 0) is 31.0 Å². The maximum atomic E-state index is 13.7. The van der Waals surface area contributed by atoms with Crippen molar-refractivity contribution in [2.45, 2.75) is 23.8 Å². The van der Waals surface area contributed by atoms with E-state index in [4.69, 9.17) is 9.84 Å². The standard InChI is InChI=1S/C12H13FO5S/c13-10-6-8(12(14)15)3-4-11(10)19(16,17)7-9-2-1-5-18-9/h3-4,6,9H,1-2,5,7H2,(H,14,15). The number of ether oxygens (including phenoxy) is 1. The molecule has 0 spiro atoms. The lowest BCUT2D eigenvalue weighted by atomic mass is 10.2. The molecule has 1 aromatic carbocycles. The minimum atomic E-state index is -3.81. The Morgan fingerprint density at radius 2 is 2.21 bits per heavy atom. The van der Waals surface area contributed by atoms with Gasteiger partial charge in [0.25, 0.3) is 0 Å². The van der Waals surface area contributed by atoms with Gasteiger partial charge in [-0.3, -0.25) is 0 Å². The molecule has 1 N–H and O–H groups in total. The number of rotatable bonds is 4. The van der Waals surface area contributed by atoms with Crippen LogP contribution in [0.25, 0.3) is 0 Å². The van der Waals surface area contributed by atoms with Crippen molar-refractivity contribution < 1.29 is 27.4 Å². The van der Waals surface area contributed by atoms with E-state index in [0.29, 0.717) is 19.1 Å². The molecule has 0 aromatic heterocycles. The highest BCUT2D eigenvalue weighted by molar-refractivity contribution is 7.91. The molecule has 1 saturated heterocycles. The maximum absolute atomic E-state index is 13.7. The summed E-state index contributed by atoms with van der Waals surface area (Å²) in [6, 6.07) is 2.78. The van der Waals surface area contributed by atoms with Gasteiger partial charge >= 0.3 is 5.97 Å². The second-order valence-corrected chi connectivity index (χ2v) is 6.37. The van der Waals surface area contributed by atoms with Gasteiger partial charge in [-0.1, -0.05) is 0 Å². The average molecular weight is 288 g/mol. The molecule has 1 aliphatic rings. The van der Waals surface area contributed by atoms with E-state index < -0.39 is 32.6 Å². The summed E-state index contributed by atoms with van der Waals surface area (Å²) < 4.78 is 43.0. The number of halogens is 1. The van der Waals surface area contributed by atoms with Crippen molar-refractivity contribution in [2.75, 3.05) is 12.4 Å². The minimum absolute atomic E-state index is 0.281. The highest BCUT2D eigenvalue weighted by atomic mass is 32.2. The second-order valence-electron chi connectivity index (χ2n) is 4.37. The summed E-state index contributed by atoms with van der Waals surface area (Å²) in [4.78, 5) is 10.2. The second kappa shape index (κ2) is 5.26. The van der Waals surface area contributed by atoms with Crippen LogP contribution in [0.2, 0.25) is 0 Å². The van der Waals surface area contributed by atoms with Crippen molar-refractivity contribution in [2.24, 2.45) is 0 Å². The number of benzene rings is 1. The van der Waals surface area contributed by atoms with Crippen molar-refractivity contribution in [3.63, 3.8) is 0 Å². The molecule has 1 aliphatic heterocycles. The van der Waals surface area contributed by atoms with Gasteiger partial charge in [0.05, 0.1) is 17.4 Å². The first-order valence-corrected chi connectivity index (χ1v) is 7.42. The van der Waals surface area contributed by atoms with Crippen molar-refractivity contribution in [1.82, 2.24) is 0 Å². The molecule has 1 heterocycles. The summed E-state index contributed by atoms with van der Waals surface area (Å²) in [7, 11) is -3.81. The minimum Gasteiger partial charge on any atom is -0.478 e. The van der Waals surface area contributed by atoms with Crippen LogP contribution in [-0.4, -0.2) is 38.0 Å². The lowest BCUT2D eigenvalue weighted by Crippen LogP contribution is -2.21. The number of carboxylic acid groups (broad SMARTS) is 1. The molecule has 2 rings (SSSR count). The summed E-state index contributed by atoms with van der Waals surface area (Å²) >= 11 is 0. The first kappa shape index (κ1) is 14.0. The molecule has 104 valence electrons. The topological polar surface area (TPSA) is 80.7 Å². The lowest BCUT2D eigenvalue weighted by Gasteiger charge is -2.11. The van der Waals surface area contributed by atoms with Crippen LogP contribution in [0.1, 0.15) is 23.2 Å². The zero-order valence-corrected chi connectivity index (χ0v) is 10.8. The quantitative estimate of drug-likeness (QED) is 0.907. The van der Waals surface area contributed by atoms with Crippen LogP contribution < -0.4 is 0 Å². The fourth-order valence-corrected chi connectivity index (χ4v) is 3.56. The van der Waals surface area contributed by atoms with Crippen molar-refractivity contribution in [3.8, 4) is 0 Å². The van der Waals surface area contributed by atoms with Gasteiger partial charge in [-0.25, -0.2) is 17.6 Å². The van der Waals surface area contributed by atoms with Crippen molar-refractivity contribution in [3.05, 3.63) is 29.6 Å². The van der Waals surface area contributed by atoms with Crippen LogP contribution in [0, 0.1) is 5.82 Å². The normalized spacial score (nSPS) is 19.5. The Bertz CT molecular complexity index is 590. The van der Waals surface area contributed by atoms with E-state index in [1.807, 2.05) is 0 Å². The fraction of sp³-hybridized carbons (Fsp3) is 0.417. The molecular formula is C12H13FO5S. The Balaban J connectivity index is 2.27. The number of aromatic carboxylic acids is 1. The molecule has 7 heteroatoms. The largest absolute Gasteiger partial charge is 0.478 e. The van der Waals surface area contributed by atoms with Gasteiger partial charge < -0.3 is 9.84 Å². The molecule has 5 nitrogen and oxygen atoms in total. The first-order valence-electron chi connectivity index (χ1n) is 5.77. The Labute approximate surface area is 109 Å². The van der Waals surface area contributed by atoms with E-state index in [1.54, 1.807) is 0 Å². The number of carboxylic acids is 1. The monoisotopic (exact) mass is 288 g/mol. The predicted octanol–water partition coefficient (Wildman–Crippen LogP) is 1.48. The van der Waals surface area contributed by atoms with E-state index in [-0.39, 0.29) is 11.3 Å². The van der Waals surface area contributed by atoms with E-state index in [2.05, 4.69) is 0 Å². The Morgan fingerprint density at radius 3 is 2.74 bits per heavy atom. The third kappa shape index (κ3) is 3.10. The highest BCUT2D eigenvalue weighted by Gasteiger charge is 2.27.